The molecule has 0 spiro atoms. The van der Waals surface area contributed by atoms with Gasteiger partial charge in [-0.3, -0.25) is 4.68 Å². The zero-order chi connectivity index (χ0) is 16.7. The highest BCUT2D eigenvalue weighted by Gasteiger charge is 2.19. The fraction of sp³-hybridized carbons (Fsp3) is 0.750. The first kappa shape index (κ1) is 17.7. The zero-order valence-corrected chi connectivity index (χ0v) is 14.2. The summed E-state index contributed by atoms with van der Waals surface area (Å²) in [6.07, 6.45) is 7.94. The number of piperidine rings is 1. The normalized spacial score (nSPS) is 16.3. The van der Waals surface area contributed by atoms with Crippen LogP contribution in [0.3, 0.4) is 0 Å². The average Bonchev–Trinajstić information content (AvgIpc) is 2.92. The molecule has 1 fully saturated rings. The van der Waals surface area contributed by atoms with E-state index in [1.54, 1.807) is 6.20 Å². The third-order valence-corrected chi connectivity index (χ3v) is 4.17. The molecule has 2 amide bonds. The third kappa shape index (κ3) is 6.19. The van der Waals surface area contributed by atoms with Gasteiger partial charge >= 0.3 is 6.03 Å². The monoisotopic (exact) mass is 323 g/mol. The van der Waals surface area contributed by atoms with Gasteiger partial charge < -0.3 is 20.6 Å². The third-order valence-electron chi connectivity index (χ3n) is 4.17. The number of carbonyl (C=O) groups excluding carboxylic acids is 1. The van der Waals surface area contributed by atoms with Gasteiger partial charge in [-0.1, -0.05) is 6.42 Å². The van der Waals surface area contributed by atoms with E-state index in [1.807, 2.05) is 24.7 Å². The number of hydrogen-bond donors (Lipinski definition) is 3. The van der Waals surface area contributed by atoms with Gasteiger partial charge in [0.1, 0.15) is 0 Å². The van der Waals surface area contributed by atoms with Crippen LogP contribution in [0.4, 0.5) is 10.5 Å². The predicted octanol–water partition coefficient (Wildman–Crippen LogP) is 1.65. The Morgan fingerprint density at radius 1 is 1.30 bits per heavy atom. The summed E-state index contributed by atoms with van der Waals surface area (Å²) in [6.45, 7) is 7.98. The SMILES string of the molecule is CC(C)(CCO)NC(=O)Nc1cnn(CCN2CCCCC2)c1. The first-order chi connectivity index (χ1) is 11.0. The van der Waals surface area contributed by atoms with Crippen LogP contribution >= 0.6 is 0 Å². The number of nitrogens with zero attached hydrogens (tertiary/aromatic N) is 3. The number of likely N-dealkylation sites (tertiary alicyclic amines) is 1. The van der Waals surface area contributed by atoms with Crippen molar-refractivity contribution >= 4 is 11.7 Å². The quantitative estimate of drug-likeness (QED) is 0.712. The number of nitrogens with one attached hydrogen (secondary N) is 2. The number of hydrogen-bond acceptors (Lipinski definition) is 4. The Hall–Kier alpha value is -1.60. The lowest BCUT2D eigenvalue weighted by atomic mass is 10.0. The maximum absolute atomic E-state index is 12.0. The Balaban J connectivity index is 1.76. The Labute approximate surface area is 138 Å². The molecule has 0 aliphatic carbocycles. The maximum Gasteiger partial charge on any atom is 0.319 e. The number of aliphatic hydroxyl groups is 1. The minimum Gasteiger partial charge on any atom is -0.396 e. The van der Waals surface area contributed by atoms with Crippen LogP contribution in [-0.2, 0) is 6.54 Å². The number of amides is 2. The fourth-order valence-electron chi connectivity index (χ4n) is 2.79. The smallest absolute Gasteiger partial charge is 0.319 e. The second kappa shape index (κ2) is 8.31. The molecule has 0 atom stereocenters. The van der Waals surface area contributed by atoms with Crippen molar-refractivity contribution in [1.82, 2.24) is 20.0 Å². The molecule has 1 saturated heterocycles. The van der Waals surface area contributed by atoms with Gasteiger partial charge in [0, 0.05) is 24.9 Å². The molecule has 0 radical (unpaired) electrons. The van der Waals surface area contributed by atoms with E-state index in [0.29, 0.717) is 12.1 Å². The second-order valence-corrected chi connectivity index (χ2v) is 6.83. The summed E-state index contributed by atoms with van der Waals surface area (Å²) in [5.74, 6) is 0. The minimum absolute atomic E-state index is 0.0434. The summed E-state index contributed by atoms with van der Waals surface area (Å²) in [5, 5.41) is 18.9. The van der Waals surface area contributed by atoms with E-state index in [4.69, 9.17) is 5.11 Å². The molecular weight excluding hydrogens is 294 g/mol. The molecule has 2 rings (SSSR count). The number of aromatic nitrogens is 2. The van der Waals surface area contributed by atoms with Gasteiger partial charge in [0.15, 0.2) is 0 Å². The predicted molar refractivity (Wildman–Crippen MR) is 90.5 cm³/mol. The molecule has 3 N–H and O–H groups in total. The molecule has 130 valence electrons. The van der Waals surface area contributed by atoms with Crippen molar-refractivity contribution in [1.29, 1.82) is 0 Å². The van der Waals surface area contributed by atoms with Crippen LogP contribution in [0.1, 0.15) is 39.5 Å². The standard InChI is InChI=1S/C16H29N5O2/c1-16(2,6-11-22)19-15(23)18-14-12-17-21(13-14)10-9-20-7-4-3-5-8-20/h12-13,22H,3-11H2,1-2H3,(H2,18,19,23). The fourth-order valence-corrected chi connectivity index (χ4v) is 2.79. The molecule has 0 bridgehead atoms. The van der Waals surface area contributed by atoms with Crippen molar-refractivity contribution in [2.75, 3.05) is 31.6 Å². The van der Waals surface area contributed by atoms with Crippen molar-refractivity contribution in [3.63, 3.8) is 0 Å². The first-order valence-electron chi connectivity index (χ1n) is 8.43. The van der Waals surface area contributed by atoms with Crippen molar-refractivity contribution in [2.24, 2.45) is 0 Å². The summed E-state index contributed by atoms with van der Waals surface area (Å²) >= 11 is 0. The van der Waals surface area contributed by atoms with Gasteiger partial charge in [-0.2, -0.15) is 5.10 Å². The molecule has 23 heavy (non-hydrogen) atoms. The lowest BCUT2D eigenvalue weighted by Gasteiger charge is -2.26. The Bertz CT molecular complexity index is 494. The lowest BCUT2D eigenvalue weighted by molar-refractivity contribution is 0.218. The van der Waals surface area contributed by atoms with Crippen LogP contribution in [0, 0.1) is 0 Å². The number of carbonyl (C=O) groups is 1. The van der Waals surface area contributed by atoms with Crippen LogP contribution < -0.4 is 10.6 Å². The van der Waals surface area contributed by atoms with Crippen LogP contribution in [0.5, 0.6) is 0 Å². The molecule has 0 aromatic carbocycles. The molecule has 0 unspecified atom stereocenters. The van der Waals surface area contributed by atoms with E-state index < -0.39 is 5.54 Å². The zero-order valence-electron chi connectivity index (χ0n) is 14.2. The van der Waals surface area contributed by atoms with E-state index in [-0.39, 0.29) is 12.6 Å². The van der Waals surface area contributed by atoms with Gasteiger partial charge in [0.05, 0.1) is 18.4 Å². The topological polar surface area (TPSA) is 82.4 Å². The first-order valence-corrected chi connectivity index (χ1v) is 8.43. The maximum atomic E-state index is 12.0. The molecule has 1 aromatic heterocycles. The minimum atomic E-state index is -0.441. The van der Waals surface area contributed by atoms with E-state index >= 15 is 0 Å². The van der Waals surface area contributed by atoms with Crippen LogP contribution in [-0.4, -0.2) is 57.6 Å². The van der Waals surface area contributed by atoms with Crippen molar-refractivity contribution in [2.45, 2.75) is 51.6 Å². The molecule has 0 saturated carbocycles. The molecule has 7 heteroatoms. The number of anilines is 1. The highest BCUT2D eigenvalue weighted by atomic mass is 16.3. The molecule has 2 heterocycles. The highest BCUT2D eigenvalue weighted by molar-refractivity contribution is 5.89. The van der Waals surface area contributed by atoms with Gasteiger partial charge in [-0.15, -0.1) is 0 Å². The summed E-state index contributed by atoms with van der Waals surface area (Å²) < 4.78 is 1.86. The highest BCUT2D eigenvalue weighted by Crippen LogP contribution is 2.11. The van der Waals surface area contributed by atoms with Gasteiger partial charge in [0.25, 0.3) is 0 Å². The van der Waals surface area contributed by atoms with E-state index in [9.17, 15) is 4.79 Å². The molecular formula is C16H29N5O2. The Morgan fingerprint density at radius 2 is 2.04 bits per heavy atom. The average molecular weight is 323 g/mol. The van der Waals surface area contributed by atoms with Crippen LogP contribution in [0.2, 0.25) is 0 Å². The van der Waals surface area contributed by atoms with Crippen molar-refractivity contribution < 1.29 is 9.90 Å². The van der Waals surface area contributed by atoms with Gasteiger partial charge in [-0.25, -0.2) is 4.79 Å². The molecule has 1 aliphatic heterocycles. The largest absolute Gasteiger partial charge is 0.396 e. The van der Waals surface area contributed by atoms with Gasteiger partial charge in [0.2, 0.25) is 0 Å². The second-order valence-electron chi connectivity index (χ2n) is 6.83. The van der Waals surface area contributed by atoms with Crippen molar-refractivity contribution in [3.8, 4) is 0 Å². The molecule has 1 aliphatic rings. The van der Waals surface area contributed by atoms with Crippen molar-refractivity contribution in [3.05, 3.63) is 12.4 Å². The summed E-state index contributed by atoms with van der Waals surface area (Å²) in [4.78, 5) is 14.4. The summed E-state index contributed by atoms with van der Waals surface area (Å²) in [6, 6.07) is -0.279. The number of urea groups is 1. The van der Waals surface area contributed by atoms with E-state index in [1.165, 1.54) is 32.4 Å². The molecule has 1 aromatic rings. The van der Waals surface area contributed by atoms with E-state index in [2.05, 4.69) is 20.6 Å². The Morgan fingerprint density at radius 3 is 2.74 bits per heavy atom. The van der Waals surface area contributed by atoms with Crippen LogP contribution in [0.15, 0.2) is 12.4 Å². The Kier molecular flexibility index (Phi) is 6.41. The number of aliphatic hydroxyl groups excluding tert-OH is 1. The van der Waals surface area contributed by atoms with E-state index in [0.717, 1.165) is 13.1 Å². The summed E-state index contributed by atoms with van der Waals surface area (Å²) in [7, 11) is 0. The number of rotatable bonds is 7. The summed E-state index contributed by atoms with van der Waals surface area (Å²) in [5.41, 5.74) is 0.240. The lowest BCUT2D eigenvalue weighted by Crippen LogP contribution is -2.46. The van der Waals surface area contributed by atoms with Crippen LogP contribution in [0.25, 0.3) is 0 Å². The molecule has 7 nitrogen and oxygen atoms in total. The van der Waals surface area contributed by atoms with Gasteiger partial charge in [-0.05, 0) is 46.2 Å².